The van der Waals surface area contributed by atoms with Crippen LogP contribution in [0.25, 0.3) is 0 Å². The molecule has 0 N–H and O–H groups in total. The molecule has 1 nitrogen and oxygen atoms in total. The Morgan fingerprint density at radius 2 is 2.00 bits per heavy atom. The molecule has 0 heterocycles. The average Bonchev–Trinajstić information content (AvgIpc) is 1.77. The van der Waals surface area contributed by atoms with E-state index in [0.29, 0.717) is 0 Å². The zero-order valence-electron chi connectivity index (χ0n) is 5.79. The van der Waals surface area contributed by atoms with Crippen molar-refractivity contribution < 1.29 is 96.0 Å². The fourth-order valence-electron chi connectivity index (χ4n) is 0.423. The van der Waals surface area contributed by atoms with Crippen molar-refractivity contribution in [3.8, 4) is 5.75 Å². The second-order valence-corrected chi connectivity index (χ2v) is 2.15. The third-order valence-corrected chi connectivity index (χ3v) is 1.17. The first-order valence-corrected chi connectivity index (χ1v) is 2.81. The Morgan fingerprint density at radius 1 is 1.40 bits per heavy atom. The molecular formula is C6H5OPRbY-. The quantitative estimate of drug-likeness (QED) is 0.371. The van der Waals surface area contributed by atoms with E-state index in [9.17, 15) is 5.11 Å². The molecule has 1 atom stereocenters. The SMILES string of the molecule is [O-]c1[c-]cc(P)cc1.[Rb+].[Y]. The first-order valence-electron chi connectivity index (χ1n) is 2.23. The van der Waals surface area contributed by atoms with Crippen LogP contribution >= 0.6 is 9.24 Å². The van der Waals surface area contributed by atoms with Crippen molar-refractivity contribution in [3.63, 3.8) is 0 Å². The van der Waals surface area contributed by atoms with Crippen LogP contribution in [0.4, 0.5) is 0 Å². The van der Waals surface area contributed by atoms with Gasteiger partial charge in [0.05, 0.1) is 0 Å². The molecule has 1 unspecified atom stereocenters. The summed E-state index contributed by atoms with van der Waals surface area (Å²) >= 11 is 0. The molecule has 45 valence electrons. The van der Waals surface area contributed by atoms with E-state index in [1.54, 1.807) is 12.1 Å². The van der Waals surface area contributed by atoms with Gasteiger partial charge in [0.15, 0.2) is 0 Å². The zero-order chi connectivity index (χ0) is 5.98. The molecule has 1 rings (SSSR count). The maximum atomic E-state index is 10.4. The summed E-state index contributed by atoms with van der Waals surface area (Å²) in [7, 11) is 2.48. The van der Waals surface area contributed by atoms with E-state index in [1.165, 1.54) is 6.07 Å². The van der Waals surface area contributed by atoms with Crippen molar-refractivity contribution in [3.05, 3.63) is 24.3 Å². The van der Waals surface area contributed by atoms with Crippen LogP contribution < -0.4 is 68.6 Å². The number of benzene rings is 1. The molecule has 0 fully saturated rings. The van der Waals surface area contributed by atoms with Crippen LogP contribution in [-0.2, 0) is 32.7 Å². The Hall–Kier alpha value is 2.36. The van der Waals surface area contributed by atoms with E-state index < -0.39 is 0 Å². The van der Waals surface area contributed by atoms with Gasteiger partial charge in [0, 0.05) is 32.7 Å². The van der Waals surface area contributed by atoms with E-state index in [2.05, 4.69) is 15.3 Å². The van der Waals surface area contributed by atoms with Gasteiger partial charge in [-0.25, -0.2) is 5.75 Å². The average molecular weight is 298 g/mol. The van der Waals surface area contributed by atoms with Crippen LogP contribution in [0.5, 0.6) is 5.75 Å². The summed E-state index contributed by atoms with van der Waals surface area (Å²) in [4.78, 5) is 0. The fourth-order valence-corrected chi connectivity index (χ4v) is 0.602. The minimum atomic E-state index is -0.0591. The van der Waals surface area contributed by atoms with Crippen molar-refractivity contribution in [2.45, 2.75) is 0 Å². The number of hydrogen-bond acceptors (Lipinski definition) is 1. The summed E-state index contributed by atoms with van der Waals surface area (Å²) in [5, 5.41) is 11.3. The first kappa shape index (κ1) is 14.9. The molecule has 4 heteroatoms. The molecule has 0 aliphatic heterocycles. The Balaban J connectivity index is 0. The Morgan fingerprint density at radius 3 is 2.30 bits per heavy atom. The smallest absolute Gasteiger partial charge is 0.891 e. The van der Waals surface area contributed by atoms with Gasteiger partial charge in [0.25, 0.3) is 0 Å². The largest absolute Gasteiger partial charge is 1.00 e. The van der Waals surface area contributed by atoms with Crippen LogP contribution in [0.15, 0.2) is 18.2 Å². The topological polar surface area (TPSA) is 23.1 Å². The zero-order valence-corrected chi connectivity index (χ0v) is 14.7. The van der Waals surface area contributed by atoms with Crippen LogP contribution in [0, 0.1) is 6.07 Å². The van der Waals surface area contributed by atoms with Gasteiger partial charge < -0.3 is 5.11 Å². The number of rotatable bonds is 0. The van der Waals surface area contributed by atoms with Gasteiger partial charge in [-0.3, -0.25) is 0 Å². The summed E-state index contributed by atoms with van der Waals surface area (Å²) in [6.07, 6.45) is 0. The van der Waals surface area contributed by atoms with E-state index in [0.717, 1.165) is 5.30 Å². The Bertz CT molecular complexity index is 157. The molecule has 0 aliphatic rings. The van der Waals surface area contributed by atoms with Crippen molar-refractivity contribution in [2.75, 3.05) is 0 Å². The second kappa shape index (κ2) is 7.98. The van der Waals surface area contributed by atoms with E-state index in [4.69, 9.17) is 0 Å². The molecule has 0 amide bonds. The van der Waals surface area contributed by atoms with Gasteiger partial charge in [-0.2, -0.15) is 33.5 Å². The third-order valence-electron chi connectivity index (χ3n) is 0.808. The molecule has 10 heavy (non-hydrogen) atoms. The van der Waals surface area contributed by atoms with Gasteiger partial charge >= 0.3 is 58.2 Å². The standard InChI is InChI=1S/C6H6OP.Rb.Y/c7-5-1-3-6(8)4-2-5;;/h1,3-4,7H,8H2;;/q-1;+1;/p-1. The molecule has 1 aromatic carbocycles. The Kier molecular flexibility index (Phi) is 11.9. The summed E-state index contributed by atoms with van der Waals surface area (Å²) in [5.74, 6) is -0.0591. The van der Waals surface area contributed by atoms with Crippen LogP contribution in [0.1, 0.15) is 0 Å². The van der Waals surface area contributed by atoms with Gasteiger partial charge in [0.1, 0.15) is 0 Å². The van der Waals surface area contributed by atoms with E-state index in [-0.39, 0.29) is 96.6 Å². The molecule has 1 radical (unpaired) electrons. The number of hydrogen-bond donors (Lipinski definition) is 0. The van der Waals surface area contributed by atoms with E-state index in [1.807, 2.05) is 0 Å². The maximum Gasteiger partial charge on any atom is 1.00 e. The molecule has 1 aromatic rings. The Labute approximate surface area is 137 Å². The van der Waals surface area contributed by atoms with Gasteiger partial charge in [0.2, 0.25) is 0 Å². The van der Waals surface area contributed by atoms with Gasteiger partial charge in [-0.05, 0) is 0 Å². The normalized spacial score (nSPS) is 7.30. The van der Waals surface area contributed by atoms with Crippen molar-refractivity contribution in [2.24, 2.45) is 0 Å². The minimum Gasteiger partial charge on any atom is -0.891 e. The summed E-state index contributed by atoms with van der Waals surface area (Å²) < 4.78 is 0. The van der Waals surface area contributed by atoms with Crippen LogP contribution in [0.3, 0.4) is 0 Å². The summed E-state index contributed by atoms with van der Waals surface area (Å²) in [5.41, 5.74) is 0. The fraction of sp³-hybridized carbons (Fsp3) is 0. The van der Waals surface area contributed by atoms with Gasteiger partial charge in [-0.1, -0.05) is 0 Å². The summed E-state index contributed by atoms with van der Waals surface area (Å²) in [6, 6.07) is 7.40. The summed E-state index contributed by atoms with van der Waals surface area (Å²) in [6.45, 7) is 0. The van der Waals surface area contributed by atoms with Crippen molar-refractivity contribution in [1.82, 2.24) is 0 Å². The predicted molar refractivity (Wildman–Crippen MR) is 34.1 cm³/mol. The van der Waals surface area contributed by atoms with Crippen molar-refractivity contribution in [1.29, 1.82) is 0 Å². The monoisotopic (exact) mass is 298 g/mol. The minimum absolute atomic E-state index is 0. The van der Waals surface area contributed by atoms with Gasteiger partial charge in [-0.15, -0.1) is 5.30 Å². The van der Waals surface area contributed by atoms with Crippen LogP contribution in [-0.4, -0.2) is 0 Å². The molecule has 0 aliphatic carbocycles. The third kappa shape index (κ3) is 5.94. The molecule has 0 aromatic heterocycles. The second-order valence-electron chi connectivity index (χ2n) is 1.49. The van der Waals surface area contributed by atoms with E-state index >= 15 is 0 Å². The predicted octanol–water partition coefficient (Wildman–Crippen LogP) is -2.94. The molecule has 0 bridgehead atoms. The molecular weight excluding hydrogens is 293 g/mol. The van der Waals surface area contributed by atoms with Crippen LogP contribution in [0.2, 0.25) is 0 Å². The molecule has 0 saturated carbocycles. The first-order chi connectivity index (χ1) is 3.79. The molecule has 0 saturated heterocycles. The van der Waals surface area contributed by atoms with Crippen molar-refractivity contribution >= 4 is 14.5 Å². The maximum absolute atomic E-state index is 10.4. The molecule has 0 spiro atoms.